The van der Waals surface area contributed by atoms with Gasteiger partial charge in [-0.25, -0.2) is 4.79 Å². The topological polar surface area (TPSA) is 95.5 Å². The second-order valence-electron chi connectivity index (χ2n) is 6.34. The predicted octanol–water partition coefficient (Wildman–Crippen LogP) is 2.24. The van der Waals surface area contributed by atoms with Crippen molar-refractivity contribution in [3.05, 3.63) is 34.9 Å². The van der Waals surface area contributed by atoms with E-state index in [1.54, 1.807) is 12.1 Å². The van der Waals surface area contributed by atoms with E-state index in [0.29, 0.717) is 12.0 Å². The van der Waals surface area contributed by atoms with Gasteiger partial charge in [-0.3, -0.25) is 9.59 Å². The Morgan fingerprint density at radius 3 is 1.92 bits per heavy atom. The molecule has 2 amide bonds. The van der Waals surface area contributed by atoms with Crippen molar-refractivity contribution in [2.45, 2.75) is 59.0 Å². The molecule has 0 bridgehead atoms. The average Bonchev–Trinajstić information content (AvgIpc) is 2.42. The fourth-order valence-corrected chi connectivity index (χ4v) is 2.50. The molecule has 1 rings (SSSR count). The summed E-state index contributed by atoms with van der Waals surface area (Å²) in [6, 6.07) is 4.43. The minimum atomic E-state index is -1.11. The molecule has 0 spiro atoms. The molecular formula is C18H26N2O4. The van der Waals surface area contributed by atoms with Gasteiger partial charge in [0.15, 0.2) is 6.04 Å². The van der Waals surface area contributed by atoms with Crippen LogP contribution in [0.3, 0.4) is 0 Å². The average molecular weight is 334 g/mol. The van der Waals surface area contributed by atoms with Crippen molar-refractivity contribution in [2.75, 3.05) is 0 Å². The van der Waals surface area contributed by atoms with Crippen molar-refractivity contribution in [3.8, 4) is 0 Å². The first kappa shape index (κ1) is 19.7. The number of nitrogens with one attached hydrogen (secondary N) is 2. The number of aryl methyl sites for hydroxylation is 2. The largest absolute Gasteiger partial charge is 0.479 e. The second-order valence-corrected chi connectivity index (χ2v) is 6.34. The lowest BCUT2D eigenvalue weighted by molar-refractivity contribution is -0.142. The zero-order chi connectivity index (χ0) is 18.3. The minimum Gasteiger partial charge on any atom is -0.479 e. The summed E-state index contributed by atoms with van der Waals surface area (Å²) >= 11 is 0. The second kappa shape index (κ2) is 9.05. The van der Waals surface area contributed by atoms with E-state index >= 15 is 0 Å². The summed E-state index contributed by atoms with van der Waals surface area (Å²) in [4.78, 5) is 35.0. The van der Waals surface area contributed by atoms with Crippen molar-refractivity contribution in [2.24, 2.45) is 0 Å². The Morgan fingerprint density at radius 1 is 0.958 bits per heavy atom. The highest BCUT2D eigenvalue weighted by Gasteiger charge is 2.22. The maximum absolute atomic E-state index is 12.0. The van der Waals surface area contributed by atoms with Crippen molar-refractivity contribution in [1.82, 2.24) is 10.6 Å². The number of rotatable bonds is 8. The molecular weight excluding hydrogens is 308 g/mol. The molecule has 1 aromatic carbocycles. The number of carbonyl (C=O) groups is 3. The Morgan fingerprint density at radius 2 is 1.46 bits per heavy atom. The Labute approximate surface area is 142 Å². The van der Waals surface area contributed by atoms with E-state index in [9.17, 15) is 19.5 Å². The van der Waals surface area contributed by atoms with Crippen LogP contribution in [0, 0.1) is 13.8 Å². The molecule has 24 heavy (non-hydrogen) atoms. The number of carboxylic acid groups (broad SMARTS) is 1. The molecule has 0 aliphatic rings. The zero-order valence-electron chi connectivity index (χ0n) is 14.7. The number of hydrogen-bond donors (Lipinski definition) is 3. The maximum Gasteiger partial charge on any atom is 0.330 e. The number of carbonyl (C=O) groups excluding carboxylic acids is 2. The van der Waals surface area contributed by atoms with Crippen LogP contribution < -0.4 is 10.6 Å². The van der Waals surface area contributed by atoms with E-state index in [-0.39, 0.29) is 30.7 Å². The highest BCUT2D eigenvalue weighted by atomic mass is 16.4. The van der Waals surface area contributed by atoms with Gasteiger partial charge in [-0.2, -0.15) is 0 Å². The van der Waals surface area contributed by atoms with Crippen LogP contribution in [0.1, 0.15) is 55.8 Å². The SMILES string of the molecule is Cc1cc(C)cc(C(NC(=O)CCCC(=O)NC(C)C)C(=O)O)c1. The molecule has 0 radical (unpaired) electrons. The van der Waals surface area contributed by atoms with Crippen LogP contribution in [0.25, 0.3) is 0 Å². The van der Waals surface area contributed by atoms with Crippen molar-refractivity contribution >= 4 is 17.8 Å². The van der Waals surface area contributed by atoms with Crippen LogP contribution >= 0.6 is 0 Å². The summed E-state index contributed by atoms with van der Waals surface area (Å²) < 4.78 is 0. The fourth-order valence-electron chi connectivity index (χ4n) is 2.50. The quantitative estimate of drug-likeness (QED) is 0.679. The van der Waals surface area contributed by atoms with Gasteiger partial charge in [-0.15, -0.1) is 0 Å². The monoisotopic (exact) mass is 334 g/mol. The highest BCUT2D eigenvalue weighted by molar-refractivity contribution is 5.85. The number of amides is 2. The van der Waals surface area contributed by atoms with Gasteiger partial charge in [0.05, 0.1) is 0 Å². The van der Waals surface area contributed by atoms with Crippen molar-refractivity contribution < 1.29 is 19.5 Å². The normalized spacial score (nSPS) is 11.9. The standard InChI is InChI=1S/C18H26N2O4/c1-11(2)19-15(21)6-5-7-16(22)20-17(18(23)24)14-9-12(3)8-13(4)10-14/h8-11,17H,5-7H2,1-4H3,(H,19,21)(H,20,22)(H,23,24). The van der Waals surface area contributed by atoms with Crippen LogP contribution in [0.15, 0.2) is 18.2 Å². The summed E-state index contributed by atoms with van der Waals surface area (Å²) in [6.45, 7) is 7.49. The van der Waals surface area contributed by atoms with Crippen LogP contribution in [0.2, 0.25) is 0 Å². The number of hydrogen-bond acceptors (Lipinski definition) is 3. The smallest absolute Gasteiger partial charge is 0.330 e. The molecule has 0 aliphatic heterocycles. The first-order valence-corrected chi connectivity index (χ1v) is 8.08. The van der Waals surface area contributed by atoms with Gasteiger partial charge in [-0.1, -0.05) is 29.3 Å². The van der Waals surface area contributed by atoms with Gasteiger partial charge in [0, 0.05) is 18.9 Å². The van der Waals surface area contributed by atoms with Crippen molar-refractivity contribution in [3.63, 3.8) is 0 Å². The summed E-state index contributed by atoms with van der Waals surface area (Å²) in [5.74, 6) is -1.59. The molecule has 1 unspecified atom stereocenters. The van der Waals surface area contributed by atoms with Crippen molar-refractivity contribution in [1.29, 1.82) is 0 Å². The lowest BCUT2D eigenvalue weighted by Gasteiger charge is -2.16. The summed E-state index contributed by atoms with van der Waals surface area (Å²) in [5.41, 5.74) is 2.43. The van der Waals surface area contributed by atoms with E-state index < -0.39 is 12.0 Å². The third-order valence-corrected chi connectivity index (χ3v) is 3.39. The van der Waals surface area contributed by atoms with Gasteiger partial charge in [-0.05, 0) is 39.7 Å². The Bertz CT molecular complexity index is 591. The molecule has 0 saturated heterocycles. The zero-order valence-corrected chi connectivity index (χ0v) is 14.7. The molecule has 0 fully saturated rings. The lowest BCUT2D eigenvalue weighted by atomic mass is 10.0. The lowest BCUT2D eigenvalue weighted by Crippen LogP contribution is -2.34. The Hall–Kier alpha value is -2.37. The molecule has 6 nitrogen and oxygen atoms in total. The third-order valence-electron chi connectivity index (χ3n) is 3.39. The van der Waals surface area contributed by atoms with Gasteiger partial charge in [0.1, 0.15) is 0 Å². The van der Waals surface area contributed by atoms with E-state index in [4.69, 9.17) is 0 Å². The molecule has 3 N–H and O–H groups in total. The summed E-state index contributed by atoms with van der Waals surface area (Å²) in [7, 11) is 0. The van der Waals surface area contributed by atoms with Gasteiger partial charge in [0.2, 0.25) is 11.8 Å². The van der Waals surface area contributed by atoms with Crippen LogP contribution in [0.4, 0.5) is 0 Å². The van der Waals surface area contributed by atoms with Gasteiger partial charge in [0.25, 0.3) is 0 Å². The Kier molecular flexibility index (Phi) is 7.42. The summed E-state index contributed by atoms with van der Waals surface area (Å²) in [5, 5.41) is 14.7. The third kappa shape index (κ3) is 6.81. The molecule has 1 aromatic rings. The van der Waals surface area contributed by atoms with E-state index in [2.05, 4.69) is 10.6 Å². The minimum absolute atomic E-state index is 0.0623. The van der Waals surface area contributed by atoms with Crippen LogP contribution in [0.5, 0.6) is 0 Å². The first-order valence-electron chi connectivity index (χ1n) is 8.08. The molecule has 132 valence electrons. The van der Waals surface area contributed by atoms with Gasteiger partial charge < -0.3 is 15.7 Å². The molecule has 0 aromatic heterocycles. The van der Waals surface area contributed by atoms with E-state index in [1.807, 2.05) is 33.8 Å². The fraction of sp³-hybridized carbons (Fsp3) is 0.500. The Balaban J connectivity index is 2.61. The first-order chi connectivity index (χ1) is 11.2. The number of benzene rings is 1. The molecule has 0 saturated carbocycles. The molecule has 0 heterocycles. The molecule has 1 atom stereocenters. The van der Waals surface area contributed by atoms with Gasteiger partial charge >= 0.3 is 5.97 Å². The summed E-state index contributed by atoms with van der Waals surface area (Å²) in [6.07, 6.45) is 0.733. The molecule has 0 aliphatic carbocycles. The molecule has 6 heteroatoms. The number of carboxylic acids is 1. The van der Waals surface area contributed by atoms with Crippen LogP contribution in [-0.4, -0.2) is 28.9 Å². The predicted molar refractivity (Wildman–Crippen MR) is 91.6 cm³/mol. The van der Waals surface area contributed by atoms with E-state index in [1.165, 1.54) is 0 Å². The number of aliphatic carboxylic acids is 1. The van der Waals surface area contributed by atoms with Crippen LogP contribution in [-0.2, 0) is 14.4 Å². The maximum atomic E-state index is 12.0. The highest BCUT2D eigenvalue weighted by Crippen LogP contribution is 2.18. The van der Waals surface area contributed by atoms with E-state index in [0.717, 1.165) is 11.1 Å².